The molecule has 2 N–H and O–H groups in total. The van der Waals surface area contributed by atoms with Crippen molar-refractivity contribution in [2.24, 2.45) is 4.99 Å². The number of nitrogens with zero attached hydrogens (tertiary/aromatic N) is 3. The molecule has 0 aliphatic carbocycles. The zero-order valence-corrected chi connectivity index (χ0v) is 14.3. The van der Waals surface area contributed by atoms with Gasteiger partial charge in [-0.2, -0.15) is 0 Å². The molecule has 0 spiro atoms. The van der Waals surface area contributed by atoms with E-state index in [9.17, 15) is 0 Å². The van der Waals surface area contributed by atoms with Crippen LogP contribution >= 0.6 is 0 Å². The molecule has 0 unspecified atom stereocenters. The molecule has 0 bridgehead atoms. The van der Waals surface area contributed by atoms with Crippen LogP contribution in [0.15, 0.2) is 23.3 Å². The Balaban J connectivity index is 1.82. The number of pyridine rings is 1. The molecule has 128 valence electrons. The number of piperidine rings is 1. The van der Waals surface area contributed by atoms with Crippen LogP contribution < -0.4 is 15.5 Å². The molecule has 0 saturated carbocycles. The van der Waals surface area contributed by atoms with Crippen molar-refractivity contribution in [3.05, 3.63) is 23.9 Å². The summed E-state index contributed by atoms with van der Waals surface area (Å²) in [5.74, 6) is 1.91. The van der Waals surface area contributed by atoms with E-state index >= 15 is 0 Å². The van der Waals surface area contributed by atoms with Crippen molar-refractivity contribution >= 4 is 11.8 Å². The normalized spacial score (nSPS) is 15.6. The van der Waals surface area contributed by atoms with Crippen LogP contribution in [0.5, 0.6) is 0 Å². The minimum absolute atomic E-state index is 0.743. The number of aliphatic imine (C=N–C) groups is 1. The van der Waals surface area contributed by atoms with Gasteiger partial charge in [0.05, 0.1) is 0 Å². The second kappa shape index (κ2) is 10.0. The van der Waals surface area contributed by atoms with Gasteiger partial charge in [-0.3, -0.25) is 4.99 Å². The molecule has 23 heavy (non-hydrogen) atoms. The molecule has 6 nitrogen and oxygen atoms in total. The van der Waals surface area contributed by atoms with E-state index in [1.165, 1.54) is 24.8 Å². The summed E-state index contributed by atoms with van der Waals surface area (Å²) in [6.07, 6.45) is 6.73. The van der Waals surface area contributed by atoms with Gasteiger partial charge in [0, 0.05) is 53.1 Å². The van der Waals surface area contributed by atoms with Crippen molar-refractivity contribution < 1.29 is 4.74 Å². The fourth-order valence-corrected chi connectivity index (χ4v) is 2.70. The fourth-order valence-electron chi connectivity index (χ4n) is 2.70. The highest BCUT2D eigenvalue weighted by molar-refractivity contribution is 5.79. The van der Waals surface area contributed by atoms with E-state index in [1.54, 1.807) is 14.2 Å². The van der Waals surface area contributed by atoms with E-state index < -0.39 is 0 Å². The van der Waals surface area contributed by atoms with E-state index in [1.807, 2.05) is 6.20 Å². The molecule has 0 aromatic carbocycles. The Bertz CT molecular complexity index is 486. The standard InChI is InChI=1S/C17H29N5O/c1-18-17(20-8-6-12-23-2)21-14-15-7-9-19-16(13-15)22-10-4-3-5-11-22/h7,9,13H,3-6,8,10-12,14H2,1-2H3,(H2,18,20,21). The van der Waals surface area contributed by atoms with E-state index in [4.69, 9.17) is 4.74 Å². The first-order chi connectivity index (χ1) is 11.3. The molecule has 1 aromatic rings. The summed E-state index contributed by atoms with van der Waals surface area (Å²) in [7, 11) is 3.51. The first kappa shape index (κ1) is 17.5. The largest absolute Gasteiger partial charge is 0.385 e. The maximum atomic E-state index is 5.05. The molecular weight excluding hydrogens is 290 g/mol. The van der Waals surface area contributed by atoms with Gasteiger partial charge >= 0.3 is 0 Å². The highest BCUT2D eigenvalue weighted by Crippen LogP contribution is 2.18. The Labute approximate surface area is 139 Å². The highest BCUT2D eigenvalue weighted by atomic mass is 16.5. The number of aromatic nitrogens is 1. The number of nitrogens with one attached hydrogen (secondary N) is 2. The van der Waals surface area contributed by atoms with Crippen LogP contribution in [0, 0.1) is 0 Å². The van der Waals surface area contributed by atoms with Crippen molar-refractivity contribution in [3.63, 3.8) is 0 Å². The first-order valence-corrected chi connectivity index (χ1v) is 8.47. The van der Waals surface area contributed by atoms with Crippen molar-refractivity contribution in [3.8, 4) is 0 Å². The lowest BCUT2D eigenvalue weighted by Gasteiger charge is -2.28. The summed E-state index contributed by atoms with van der Waals surface area (Å²) in [6.45, 7) is 4.59. The molecule has 2 rings (SSSR count). The predicted molar refractivity (Wildman–Crippen MR) is 95.0 cm³/mol. The van der Waals surface area contributed by atoms with Crippen LogP contribution in [-0.4, -0.2) is 51.3 Å². The minimum Gasteiger partial charge on any atom is -0.385 e. The smallest absolute Gasteiger partial charge is 0.191 e. The minimum atomic E-state index is 0.743. The molecule has 1 saturated heterocycles. The van der Waals surface area contributed by atoms with Gasteiger partial charge in [0.1, 0.15) is 5.82 Å². The number of hydrogen-bond acceptors (Lipinski definition) is 4. The topological polar surface area (TPSA) is 61.8 Å². The van der Waals surface area contributed by atoms with Crippen LogP contribution in [0.4, 0.5) is 5.82 Å². The third kappa shape index (κ3) is 6.06. The van der Waals surface area contributed by atoms with Crippen LogP contribution in [0.2, 0.25) is 0 Å². The average molecular weight is 319 g/mol. The lowest BCUT2D eigenvalue weighted by molar-refractivity contribution is 0.195. The van der Waals surface area contributed by atoms with Gasteiger partial charge < -0.3 is 20.3 Å². The zero-order valence-electron chi connectivity index (χ0n) is 14.3. The van der Waals surface area contributed by atoms with Crippen LogP contribution in [0.25, 0.3) is 0 Å². The second-order valence-electron chi connectivity index (χ2n) is 5.77. The number of ether oxygens (including phenoxy) is 1. The summed E-state index contributed by atoms with van der Waals surface area (Å²) in [5.41, 5.74) is 1.22. The molecule has 6 heteroatoms. The molecule has 1 aliphatic heterocycles. The third-order valence-electron chi connectivity index (χ3n) is 3.99. The van der Waals surface area contributed by atoms with Crippen LogP contribution in [0.3, 0.4) is 0 Å². The monoisotopic (exact) mass is 319 g/mol. The Morgan fingerprint density at radius 2 is 2.13 bits per heavy atom. The second-order valence-corrected chi connectivity index (χ2v) is 5.77. The molecule has 1 aromatic heterocycles. The van der Waals surface area contributed by atoms with E-state index in [-0.39, 0.29) is 0 Å². The van der Waals surface area contributed by atoms with Crippen molar-refractivity contribution in [1.29, 1.82) is 0 Å². The summed E-state index contributed by atoms with van der Waals surface area (Å²) in [4.78, 5) is 11.1. The predicted octanol–water partition coefficient (Wildman–Crippen LogP) is 1.77. The summed E-state index contributed by atoms with van der Waals surface area (Å²) in [6, 6.07) is 4.23. The van der Waals surface area contributed by atoms with Gasteiger partial charge in [-0.15, -0.1) is 0 Å². The number of rotatable bonds is 7. The number of hydrogen-bond donors (Lipinski definition) is 2. The molecule has 1 fully saturated rings. The fraction of sp³-hybridized carbons (Fsp3) is 0.647. The van der Waals surface area contributed by atoms with Crippen molar-refractivity contribution in [2.45, 2.75) is 32.2 Å². The molecule has 0 atom stereocenters. The lowest BCUT2D eigenvalue weighted by Crippen LogP contribution is -2.37. The third-order valence-corrected chi connectivity index (χ3v) is 3.99. The molecule has 0 radical (unpaired) electrons. The Hall–Kier alpha value is -1.82. The molecule has 0 amide bonds. The number of anilines is 1. The maximum absolute atomic E-state index is 5.05. The van der Waals surface area contributed by atoms with Crippen molar-refractivity contribution in [2.75, 3.05) is 45.3 Å². The summed E-state index contributed by atoms with van der Waals surface area (Å²) in [5, 5.41) is 6.63. The average Bonchev–Trinajstić information content (AvgIpc) is 2.62. The van der Waals surface area contributed by atoms with Crippen molar-refractivity contribution in [1.82, 2.24) is 15.6 Å². The van der Waals surface area contributed by atoms with Gasteiger partial charge in [0.15, 0.2) is 5.96 Å². The first-order valence-electron chi connectivity index (χ1n) is 8.47. The molecule has 2 heterocycles. The quantitative estimate of drug-likeness (QED) is 0.456. The van der Waals surface area contributed by atoms with Gasteiger partial charge in [-0.05, 0) is 43.4 Å². The number of guanidine groups is 1. The van der Waals surface area contributed by atoms with E-state index in [0.717, 1.165) is 51.0 Å². The maximum Gasteiger partial charge on any atom is 0.191 e. The molecule has 1 aliphatic rings. The zero-order chi connectivity index (χ0) is 16.3. The summed E-state index contributed by atoms with van der Waals surface area (Å²) < 4.78 is 5.05. The molecular formula is C17H29N5O. The number of methoxy groups -OCH3 is 1. The highest BCUT2D eigenvalue weighted by Gasteiger charge is 2.12. The Morgan fingerprint density at radius 3 is 2.87 bits per heavy atom. The summed E-state index contributed by atoms with van der Waals surface area (Å²) >= 11 is 0. The Kier molecular flexibility index (Phi) is 7.66. The van der Waals surface area contributed by atoms with E-state index in [0.29, 0.717) is 0 Å². The van der Waals surface area contributed by atoms with Gasteiger partial charge in [0.2, 0.25) is 0 Å². The van der Waals surface area contributed by atoms with Gasteiger partial charge in [-0.1, -0.05) is 0 Å². The SMILES string of the molecule is CN=C(NCCCOC)NCc1ccnc(N2CCCCC2)c1. The lowest BCUT2D eigenvalue weighted by atomic mass is 10.1. The van der Waals surface area contributed by atoms with E-state index in [2.05, 4.69) is 37.6 Å². The van der Waals surface area contributed by atoms with Gasteiger partial charge in [0.25, 0.3) is 0 Å². The van der Waals surface area contributed by atoms with Crippen LogP contribution in [0.1, 0.15) is 31.2 Å². The Morgan fingerprint density at radius 1 is 1.30 bits per heavy atom. The van der Waals surface area contributed by atoms with Crippen LogP contribution in [-0.2, 0) is 11.3 Å². The van der Waals surface area contributed by atoms with Gasteiger partial charge in [-0.25, -0.2) is 4.98 Å².